The van der Waals surface area contributed by atoms with Gasteiger partial charge >= 0.3 is 0 Å². The molecule has 1 unspecified atom stereocenters. The number of hydrogen-bond donors (Lipinski definition) is 0. The number of ketones is 1. The third-order valence-corrected chi connectivity index (χ3v) is 2.70. The van der Waals surface area contributed by atoms with E-state index >= 15 is 0 Å². The van der Waals surface area contributed by atoms with E-state index in [9.17, 15) is 4.79 Å². The van der Waals surface area contributed by atoms with Crippen molar-refractivity contribution < 1.29 is 19.0 Å². The third kappa shape index (κ3) is 3.23. The summed E-state index contributed by atoms with van der Waals surface area (Å²) in [6.07, 6.45) is -0.138. The van der Waals surface area contributed by atoms with Crippen molar-refractivity contribution in [2.75, 3.05) is 20.8 Å². The van der Waals surface area contributed by atoms with E-state index < -0.39 is 6.10 Å². The second-order valence-electron chi connectivity index (χ2n) is 3.76. The number of Topliss-reactive ketones (excluding diaryl/α,β-unsaturated/α-hetero) is 1. The lowest BCUT2D eigenvalue weighted by molar-refractivity contribution is -0.130. The molecule has 18 heavy (non-hydrogen) atoms. The van der Waals surface area contributed by atoms with Crippen LogP contribution in [0.25, 0.3) is 0 Å². The van der Waals surface area contributed by atoms with Gasteiger partial charge in [0.1, 0.15) is 17.6 Å². The first-order valence-electron chi connectivity index (χ1n) is 6.04. The predicted octanol–water partition coefficient (Wildman–Crippen LogP) is 2.76. The molecule has 0 aliphatic rings. The SMILES string of the molecule is CCOC(C(=O)CC)c1ccc(OC)cc1OC. The Morgan fingerprint density at radius 3 is 2.44 bits per heavy atom. The van der Waals surface area contributed by atoms with Crippen LogP contribution in [0.1, 0.15) is 31.9 Å². The van der Waals surface area contributed by atoms with Crippen LogP contribution in [0.4, 0.5) is 0 Å². The molecule has 0 aliphatic heterocycles. The molecule has 0 bridgehead atoms. The quantitative estimate of drug-likeness (QED) is 0.748. The van der Waals surface area contributed by atoms with Gasteiger partial charge in [0.2, 0.25) is 0 Å². The fourth-order valence-corrected chi connectivity index (χ4v) is 1.74. The van der Waals surface area contributed by atoms with E-state index in [1.54, 1.807) is 26.4 Å². The summed E-state index contributed by atoms with van der Waals surface area (Å²) in [5.74, 6) is 1.34. The Balaban J connectivity index is 3.14. The highest BCUT2D eigenvalue weighted by Crippen LogP contribution is 2.32. The first-order valence-corrected chi connectivity index (χ1v) is 6.04. The molecule has 0 amide bonds. The smallest absolute Gasteiger partial charge is 0.165 e. The van der Waals surface area contributed by atoms with Crippen LogP contribution < -0.4 is 9.47 Å². The van der Waals surface area contributed by atoms with Crippen LogP contribution in [0, 0.1) is 0 Å². The Labute approximate surface area is 108 Å². The topological polar surface area (TPSA) is 44.8 Å². The van der Waals surface area contributed by atoms with Crippen molar-refractivity contribution in [2.24, 2.45) is 0 Å². The summed E-state index contributed by atoms with van der Waals surface area (Å²) in [6, 6.07) is 5.36. The monoisotopic (exact) mass is 252 g/mol. The standard InChI is InChI=1S/C14H20O4/c1-5-12(15)14(18-6-2)11-8-7-10(16-3)9-13(11)17-4/h7-9,14H,5-6H2,1-4H3. The van der Waals surface area contributed by atoms with Gasteiger partial charge in [-0.05, 0) is 19.1 Å². The highest BCUT2D eigenvalue weighted by atomic mass is 16.5. The van der Waals surface area contributed by atoms with Crippen molar-refractivity contribution in [1.29, 1.82) is 0 Å². The van der Waals surface area contributed by atoms with Gasteiger partial charge in [-0.1, -0.05) is 6.92 Å². The van der Waals surface area contributed by atoms with Crippen LogP contribution in [0.15, 0.2) is 18.2 Å². The molecule has 0 aliphatic carbocycles. The molecule has 1 rings (SSSR count). The summed E-state index contributed by atoms with van der Waals surface area (Å²) in [4.78, 5) is 11.9. The number of benzene rings is 1. The van der Waals surface area contributed by atoms with Crippen molar-refractivity contribution in [1.82, 2.24) is 0 Å². The second kappa shape index (κ2) is 7.01. The first-order chi connectivity index (χ1) is 8.67. The second-order valence-corrected chi connectivity index (χ2v) is 3.76. The van der Waals surface area contributed by atoms with E-state index in [1.807, 2.05) is 19.9 Å². The Kier molecular flexibility index (Phi) is 5.65. The van der Waals surface area contributed by atoms with Crippen LogP contribution in [0.2, 0.25) is 0 Å². The van der Waals surface area contributed by atoms with Crippen LogP contribution >= 0.6 is 0 Å². The molecule has 1 aromatic carbocycles. The van der Waals surface area contributed by atoms with Crippen LogP contribution in [-0.4, -0.2) is 26.6 Å². The van der Waals surface area contributed by atoms with Crippen LogP contribution in [-0.2, 0) is 9.53 Å². The molecule has 0 heterocycles. The zero-order valence-electron chi connectivity index (χ0n) is 11.4. The molecule has 0 aromatic heterocycles. The fraction of sp³-hybridized carbons (Fsp3) is 0.500. The molecule has 0 saturated heterocycles. The summed E-state index contributed by atoms with van der Waals surface area (Å²) in [7, 11) is 3.16. The normalized spacial score (nSPS) is 12.0. The summed E-state index contributed by atoms with van der Waals surface area (Å²) in [5, 5.41) is 0. The van der Waals surface area contributed by atoms with Gasteiger partial charge in [-0.2, -0.15) is 0 Å². The summed E-state index contributed by atoms with van der Waals surface area (Å²) in [6.45, 7) is 4.17. The zero-order valence-corrected chi connectivity index (χ0v) is 11.4. The number of hydrogen-bond acceptors (Lipinski definition) is 4. The predicted molar refractivity (Wildman–Crippen MR) is 69.2 cm³/mol. The molecule has 100 valence electrons. The minimum atomic E-state index is -0.569. The van der Waals surface area contributed by atoms with E-state index in [2.05, 4.69) is 0 Å². The van der Waals surface area contributed by atoms with Crippen LogP contribution in [0.5, 0.6) is 11.5 Å². The number of carbonyl (C=O) groups excluding carboxylic acids is 1. The molecular formula is C14H20O4. The minimum Gasteiger partial charge on any atom is -0.497 e. The van der Waals surface area contributed by atoms with Gasteiger partial charge in [-0.3, -0.25) is 4.79 Å². The van der Waals surface area contributed by atoms with Gasteiger partial charge in [0.05, 0.1) is 14.2 Å². The van der Waals surface area contributed by atoms with E-state index in [-0.39, 0.29) is 5.78 Å². The summed E-state index contributed by atoms with van der Waals surface area (Å²) in [5.41, 5.74) is 0.743. The average Bonchev–Trinajstić information content (AvgIpc) is 2.43. The maximum absolute atomic E-state index is 11.9. The van der Waals surface area contributed by atoms with Crippen molar-refractivity contribution in [3.63, 3.8) is 0 Å². The highest BCUT2D eigenvalue weighted by molar-refractivity contribution is 5.85. The lowest BCUT2D eigenvalue weighted by Crippen LogP contribution is -2.16. The Hall–Kier alpha value is -1.55. The Bertz CT molecular complexity index is 401. The van der Waals surface area contributed by atoms with Gasteiger partial charge in [-0.15, -0.1) is 0 Å². The number of rotatable bonds is 7. The van der Waals surface area contributed by atoms with Gasteiger partial charge < -0.3 is 14.2 Å². The van der Waals surface area contributed by atoms with E-state index in [0.717, 1.165) is 5.56 Å². The Morgan fingerprint density at radius 2 is 1.94 bits per heavy atom. The lowest BCUT2D eigenvalue weighted by Gasteiger charge is -2.18. The van der Waals surface area contributed by atoms with Crippen molar-refractivity contribution in [2.45, 2.75) is 26.4 Å². The highest BCUT2D eigenvalue weighted by Gasteiger charge is 2.23. The molecule has 1 atom stereocenters. The van der Waals surface area contributed by atoms with Gasteiger partial charge in [0, 0.05) is 24.7 Å². The van der Waals surface area contributed by atoms with Gasteiger partial charge in [-0.25, -0.2) is 0 Å². The van der Waals surface area contributed by atoms with Crippen molar-refractivity contribution >= 4 is 5.78 Å². The zero-order chi connectivity index (χ0) is 13.5. The maximum atomic E-state index is 11.9. The molecule has 0 fully saturated rings. The maximum Gasteiger partial charge on any atom is 0.165 e. The van der Waals surface area contributed by atoms with Crippen LogP contribution in [0.3, 0.4) is 0 Å². The third-order valence-electron chi connectivity index (χ3n) is 2.70. The molecule has 0 spiro atoms. The molecule has 4 heteroatoms. The molecular weight excluding hydrogens is 232 g/mol. The summed E-state index contributed by atoms with van der Waals surface area (Å²) >= 11 is 0. The van der Waals surface area contributed by atoms with Crippen molar-refractivity contribution in [3.05, 3.63) is 23.8 Å². The number of ether oxygens (including phenoxy) is 3. The Morgan fingerprint density at radius 1 is 1.22 bits per heavy atom. The number of methoxy groups -OCH3 is 2. The fourth-order valence-electron chi connectivity index (χ4n) is 1.74. The molecule has 1 aromatic rings. The minimum absolute atomic E-state index is 0.0420. The lowest BCUT2D eigenvalue weighted by atomic mass is 10.0. The molecule has 0 saturated carbocycles. The molecule has 4 nitrogen and oxygen atoms in total. The van der Waals surface area contributed by atoms with Gasteiger partial charge in [0.15, 0.2) is 5.78 Å². The van der Waals surface area contributed by atoms with E-state index in [1.165, 1.54) is 0 Å². The average molecular weight is 252 g/mol. The largest absolute Gasteiger partial charge is 0.497 e. The summed E-state index contributed by atoms with van der Waals surface area (Å²) < 4.78 is 16.0. The molecule has 0 radical (unpaired) electrons. The van der Waals surface area contributed by atoms with Crippen molar-refractivity contribution in [3.8, 4) is 11.5 Å². The number of carbonyl (C=O) groups is 1. The van der Waals surface area contributed by atoms with E-state index in [0.29, 0.717) is 24.5 Å². The molecule has 0 N–H and O–H groups in total. The first kappa shape index (κ1) is 14.5. The van der Waals surface area contributed by atoms with Gasteiger partial charge in [0.25, 0.3) is 0 Å². The van der Waals surface area contributed by atoms with E-state index in [4.69, 9.17) is 14.2 Å².